The van der Waals surface area contributed by atoms with Crippen molar-refractivity contribution in [1.82, 2.24) is 20.0 Å². The Bertz CT molecular complexity index is 783. The molecular weight excluding hydrogens is 320 g/mol. The molecule has 0 radical (unpaired) electrons. The number of nitrogens with one attached hydrogen (secondary N) is 1. The molecule has 7 heteroatoms. The van der Waals surface area contributed by atoms with Gasteiger partial charge in [-0.25, -0.2) is 4.68 Å². The van der Waals surface area contributed by atoms with Gasteiger partial charge in [-0.3, -0.25) is 14.5 Å². The van der Waals surface area contributed by atoms with E-state index in [0.29, 0.717) is 6.54 Å². The number of nitrogens with zero attached hydrogens (tertiary/aromatic N) is 3. The van der Waals surface area contributed by atoms with Crippen molar-refractivity contribution < 1.29 is 14.7 Å². The van der Waals surface area contributed by atoms with Crippen LogP contribution in [0.4, 0.5) is 0 Å². The molecule has 2 aromatic rings. The largest absolute Gasteiger partial charge is 0.480 e. The van der Waals surface area contributed by atoms with Crippen molar-refractivity contribution in [1.29, 1.82) is 0 Å². The molecule has 0 fully saturated rings. The molecule has 1 aromatic carbocycles. The first-order valence-corrected chi connectivity index (χ1v) is 8.07. The van der Waals surface area contributed by atoms with Gasteiger partial charge in [0.1, 0.15) is 6.54 Å². The molecular formula is C18H24N4O3. The predicted octanol–water partition coefficient (Wildman–Crippen LogP) is 1.43. The second-order valence-electron chi connectivity index (χ2n) is 6.19. The van der Waals surface area contributed by atoms with Gasteiger partial charge in [-0.1, -0.05) is 18.2 Å². The molecule has 0 bridgehead atoms. The summed E-state index contributed by atoms with van der Waals surface area (Å²) in [7, 11) is 1.82. The highest BCUT2D eigenvalue weighted by Gasteiger charge is 2.16. The van der Waals surface area contributed by atoms with Crippen molar-refractivity contribution >= 4 is 11.9 Å². The molecule has 134 valence electrons. The van der Waals surface area contributed by atoms with Crippen LogP contribution in [0.1, 0.15) is 22.5 Å². The molecule has 1 amide bonds. The van der Waals surface area contributed by atoms with Gasteiger partial charge in [0.25, 0.3) is 0 Å². The first kappa shape index (κ1) is 18.7. The SMILES string of the molecule is Cc1ccccc1-n1nc(C)c(CN(C)CC(=O)NCC(=O)O)c1C. The standard InChI is InChI=1S/C18H24N4O3/c1-12-7-5-6-8-16(12)22-14(3)15(13(2)20-22)10-21(4)11-17(23)19-9-18(24)25/h5-8H,9-11H2,1-4H3,(H,19,23)(H,24,25). The minimum absolute atomic E-state index is 0.127. The molecule has 0 spiro atoms. The smallest absolute Gasteiger partial charge is 0.322 e. The van der Waals surface area contributed by atoms with Crippen LogP contribution in [-0.2, 0) is 16.1 Å². The Morgan fingerprint density at radius 2 is 1.92 bits per heavy atom. The number of para-hydroxylation sites is 1. The van der Waals surface area contributed by atoms with Crippen molar-refractivity contribution in [2.45, 2.75) is 27.3 Å². The fourth-order valence-electron chi connectivity index (χ4n) is 2.74. The normalized spacial score (nSPS) is 10.9. The topological polar surface area (TPSA) is 87.5 Å². The molecule has 0 aliphatic heterocycles. The lowest BCUT2D eigenvalue weighted by atomic mass is 10.1. The van der Waals surface area contributed by atoms with Gasteiger partial charge >= 0.3 is 5.97 Å². The summed E-state index contributed by atoms with van der Waals surface area (Å²) in [6.07, 6.45) is 0. The Kier molecular flexibility index (Phi) is 5.93. The number of benzene rings is 1. The molecule has 2 N–H and O–H groups in total. The first-order chi connectivity index (χ1) is 11.8. The monoisotopic (exact) mass is 344 g/mol. The van der Waals surface area contributed by atoms with E-state index in [1.165, 1.54) is 0 Å². The molecule has 2 rings (SSSR count). The highest BCUT2D eigenvalue weighted by atomic mass is 16.4. The summed E-state index contributed by atoms with van der Waals surface area (Å²) in [6, 6.07) is 8.05. The van der Waals surface area contributed by atoms with Gasteiger partial charge in [0.05, 0.1) is 17.9 Å². The number of rotatable bonds is 7. The third-order valence-corrected chi connectivity index (χ3v) is 4.06. The maximum atomic E-state index is 11.8. The minimum atomic E-state index is -1.05. The zero-order valence-corrected chi connectivity index (χ0v) is 15.0. The average molecular weight is 344 g/mol. The minimum Gasteiger partial charge on any atom is -0.480 e. The summed E-state index contributed by atoms with van der Waals surface area (Å²) in [5.74, 6) is -1.37. The van der Waals surface area contributed by atoms with Gasteiger partial charge in [-0.15, -0.1) is 0 Å². The van der Waals surface area contributed by atoms with Gasteiger partial charge in [0.15, 0.2) is 0 Å². The number of aromatic nitrogens is 2. The number of likely N-dealkylation sites (N-methyl/N-ethyl adjacent to an activating group) is 1. The van der Waals surface area contributed by atoms with Crippen molar-refractivity contribution in [3.05, 3.63) is 46.8 Å². The van der Waals surface area contributed by atoms with Gasteiger partial charge in [0, 0.05) is 17.8 Å². The van der Waals surface area contributed by atoms with Gasteiger partial charge in [0.2, 0.25) is 5.91 Å². The van der Waals surface area contributed by atoms with E-state index in [4.69, 9.17) is 5.11 Å². The number of carbonyl (C=O) groups excluding carboxylic acids is 1. The second-order valence-corrected chi connectivity index (χ2v) is 6.19. The highest BCUT2D eigenvalue weighted by Crippen LogP contribution is 2.21. The van der Waals surface area contributed by atoms with Crippen LogP contribution in [0, 0.1) is 20.8 Å². The number of carboxylic acid groups (broad SMARTS) is 1. The fraction of sp³-hybridized carbons (Fsp3) is 0.389. The van der Waals surface area contributed by atoms with E-state index in [1.54, 1.807) is 0 Å². The van der Waals surface area contributed by atoms with E-state index in [1.807, 2.05) is 61.7 Å². The third kappa shape index (κ3) is 4.67. The molecule has 25 heavy (non-hydrogen) atoms. The van der Waals surface area contributed by atoms with Crippen LogP contribution in [0.5, 0.6) is 0 Å². The van der Waals surface area contributed by atoms with Crippen molar-refractivity contribution in [3.8, 4) is 5.69 Å². The predicted molar refractivity (Wildman–Crippen MR) is 94.8 cm³/mol. The Labute approximate surface area is 147 Å². The summed E-state index contributed by atoms with van der Waals surface area (Å²) >= 11 is 0. The summed E-state index contributed by atoms with van der Waals surface area (Å²) in [6.45, 7) is 6.33. The van der Waals surface area contributed by atoms with Crippen molar-refractivity contribution in [2.75, 3.05) is 20.1 Å². The zero-order valence-electron chi connectivity index (χ0n) is 15.0. The zero-order chi connectivity index (χ0) is 18.6. The fourth-order valence-corrected chi connectivity index (χ4v) is 2.74. The number of carboxylic acids is 1. The maximum absolute atomic E-state index is 11.8. The number of aryl methyl sites for hydroxylation is 2. The van der Waals surface area contributed by atoms with Crippen LogP contribution < -0.4 is 5.32 Å². The van der Waals surface area contributed by atoms with E-state index in [9.17, 15) is 9.59 Å². The summed E-state index contributed by atoms with van der Waals surface area (Å²) in [5.41, 5.74) is 5.19. The van der Waals surface area contributed by atoms with Crippen molar-refractivity contribution in [2.24, 2.45) is 0 Å². The Balaban J connectivity index is 2.12. The van der Waals surface area contributed by atoms with Crippen LogP contribution in [0.3, 0.4) is 0 Å². The molecule has 1 aromatic heterocycles. The lowest BCUT2D eigenvalue weighted by Crippen LogP contribution is -2.37. The van der Waals surface area contributed by atoms with Crippen LogP contribution in [0.15, 0.2) is 24.3 Å². The van der Waals surface area contributed by atoms with Crippen LogP contribution >= 0.6 is 0 Å². The Morgan fingerprint density at radius 3 is 2.56 bits per heavy atom. The van der Waals surface area contributed by atoms with Gasteiger partial charge < -0.3 is 10.4 Å². The van der Waals surface area contributed by atoms with Crippen molar-refractivity contribution in [3.63, 3.8) is 0 Å². The van der Waals surface area contributed by atoms with Crippen LogP contribution in [0.2, 0.25) is 0 Å². The number of hydrogen-bond donors (Lipinski definition) is 2. The maximum Gasteiger partial charge on any atom is 0.322 e. The molecule has 0 saturated heterocycles. The first-order valence-electron chi connectivity index (χ1n) is 8.07. The van der Waals surface area contributed by atoms with E-state index >= 15 is 0 Å². The number of hydrogen-bond acceptors (Lipinski definition) is 4. The molecule has 0 unspecified atom stereocenters. The molecule has 7 nitrogen and oxygen atoms in total. The number of amides is 1. The second kappa shape index (κ2) is 7.94. The molecule has 0 aliphatic rings. The highest BCUT2D eigenvalue weighted by molar-refractivity contribution is 5.82. The molecule has 0 atom stereocenters. The van der Waals surface area contributed by atoms with Crippen LogP contribution in [0.25, 0.3) is 5.69 Å². The number of aliphatic carboxylic acids is 1. The van der Waals surface area contributed by atoms with Crippen LogP contribution in [-0.4, -0.2) is 51.8 Å². The lowest BCUT2D eigenvalue weighted by Gasteiger charge is -2.16. The summed E-state index contributed by atoms with van der Waals surface area (Å²) in [5, 5.41) is 15.6. The summed E-state index contributed by atoms with van der Waals surface area (Å²) in [4.78, 5) is 24.1. The van der Waals surface area contributed by atoms with E-state index in [2.05, 4.69) is 10.4 Å². The third-order valence-electron chi connectivity index (χ3n) is 4.06. The molecule has 0 aliphatic carbocycles. The molecule has 0 saturated carbocycles. The van der Waals surface area contributed by atoms with E-state index < -0.39 is 5.97 Å². The summed E-state index contributed by atoms with van der Waals surface area (Å²) < 4.78 is 1.93. The Morgan fingerprint density at radius 1 is 1.24 bits per heavy atom. The van der Waals surface area contributed by atoms with E-state index in [-0.39, 0.29) is 19.0 Å². The lowest BCUT2D eigenvalue weighted by molar-refractivity contribution is -0.138. The van der Waals surface area contributed by atoms with Gasteiger partial charge in [-0.2, -0.15) is 5.10 Å². The van der Waals surface area contributed by atoms with E-state index in [0.717, 1.165) is 28.2 Å². The average Bonchev–Trinajstić information content (AvgIpc) is 2.81. The number of carbonyl (C=O) groups is 2. The quantitative estimate of drug-likeness (QED) is 0.793. The molecule has 1 heterocycles. The Hall–Kier alpha value is -2.67. The van der Waals surface area contributed by atoms with Gasteiger partial charge in [-0.05, 0) is 39.4 Å².